The number of nitrogens with one attached hydrogen (secondary N) is 1. The Kier molecular flexibility index (Phi) is 4.80. The number of carbonyl (C=O) groups is 1. The number of benzene rings is 1. The molecule has 0 bridgehead atoms. The van der Waals surface area contributed by atoms with Crippen LogP contribution in [0.4, 0.5) is 5.69 Å². The lowest BCUT2D eigenvalue weighted by atomic mass is 10.1. The highest BCUT2D eigenvalue weighted by atomic mass is 16.5. The van der Waals surface area contributed by atoms with E-state index < -0.39 is 0 Å². The van der Waals surface area contributed by atoms with Gasteiger partial charge in [-0.15, -0.1) is 0 Å². The molecule has 19 heavy (non-hydrogen) atoms. The summed E-state index contributed by atoms with van der Waals surface area (Å²) in [7, 11) is 0. The molecule has 1 aliphatic heterocycles. The lowest BCUT2D eigenvalue weighted by molar-refractivity contribution is 0.0117. The molecule has 4 nitrogen and oxygen atoms in total. The Morgan fingerprint density at radius 3 is 3.05 bits per heavy atom. The number of hydrogen-bond donors (Lipinski definition) is 2. The second-order valence-corrected chi connectivity index (χ2v) is 5.12. The number of hydrogen-bond acceptors (Lipinski definition) is 3. The molecule has 3 N–H and O–H groups in total. The van der Waals surface area contributed by atoms with Crippen molar-refractivity contribution in [3.05, 3.63) is 29.3 Å². The van der Waals surface area contributed by atoms with E-state index >= 15 is 0 Å². The molecule has 1 atom stereocenters. The summed E-state index contributed by atoms with van der Waals surface area (Å²) in [6.07, 6.45) is 4.65. The van der Waals surface area contributed by atoms with Gasteiger partial charge in [-0.25, -0.2) is 0 Å². The van der Waals surface area contributed by atoms with E-state index in [2.05, 4.69) is 5.32 Å². The molecule has 1 aliphatic rings. The number of nitrogens with two attached hydrogens (primary N) is 1. The van der Waals surface area contributed by atoms with Gasteiger partial charge in [0.15, 0.2) is 0 Å². The Labute approximate surface area is 114 Å². The monoisotopic (exact) mass is 262 g/mol. The predicted octanol–water partition coefficient (Wildman–Crippen LogP) is 2.27. The van der Waals surface area contributed by atoms with Gasteiger partial charge in [0, 0.05) is 18.8 Å². The molecule has 0 aromatic heterocycles. The van der Waals surface area contributed by atoms with E-state index in [1.165, 1.54) is 6.42 Å². The summed E-state index contributed by atoms with van der Waals surface area (Å²) in [4.78, 5) is 12.0. The van der Waals surface area contributed by atoms with Crippen LogP contribution in [0.15, 0.2) is 18.2 Å². The Hall–Kier alpha value is -1.55. The first-order chi connectivity index (χ1) is 9.16. The zero-order valence-electron chi connectivity index (χ0n) is 11.4. The first kappa shape index (κ1) is 13.9. The Morgan fingerprint density at radius 1 is 1.47 bits per heavy atom. The lowest BCUT2D eigenvalue weighted by Crippen LogP contribution is -2.29. The van der Waals surface area contributed by atoms with Crippen molar-refractivity contribution < 1.29 is 9.53 Å². The molecule has 0 saturated carbocycles. The van der Waals surface area contributed by atoms with Crippen molar-refractivity contribution >= 4 is 11.6 Å². The third-order valence-electron chi connectivity index (χ3n) is 3.48. The van der Waals surface area contributed by atoms with Crippen molar-refractivity contribution in [3.63, 3.8) is 0 Å². The fourth-order valence-corrected chi connectivity index (χ4v) is 2.34. The summed E-state index contributed by atoms with van der Waals surface area (Å²) < 4.78 is 5.63. The number of anilines is 1. The zero-order chi connectivity index (χ0) is 13.7. The second kappa shape index (κ2) is 6.57. The van der Waals surface area contributed by atoms with Crippen LogP contribution in [0.2, 0.25) is 0 Å². The van der Waals surface area contributed by atoms with Crippen LogP contribution in [0.25, 0.3) is 0 Å². The van der Waals surface area contributed by atoms with Crippen LogP contribution < -0.4 is 11.1 Å². The summed E-state index contributed by atoms with van der Waals surface area (Å²) in [5, 5.41) is 2.92. The fourth-order valence-electron chi connectivity index (χ4n) is 2.34. The third kappa shape index (κ3) is 3.96. The largest absolute Gasteiger partial charge is 0.398 e. The standard InChI is InChI=1S/C15H22N2O2/c1-11-5-6-14(16)13(10-11)15(18)17-8-7-12-4-2-3-9-19-12/h5-6,10,12H,2-4,7-9,16H2,1H3,(H,17,18). The van der Waals surface area contributed by atoms with Gasteiger partial charge in [-0.05, 0) is 44.7 Å². The average Bonchev–Trinajstić information content (AvgIpc) is 2.42. The van der Waals surface area contributed by atoms with Crippen LogP contribution in [0, 0.1) is 6.92 Å². The maximum absolute atomic E-state index is 12.0. The van der Waals surface area contributed by atoms with Gasteiger partial charge in [0.05, 0.1) is 11.7 Å². The van der Waals surface area contributed by atoms with Gasteiger partial charge in [-0.2, -0.15) is 0 Å². The van der Waals surface area contributed by atoms with E-state index in [9.17, 15) is 4.79 Å². The summed E-state index contributed by atoms with van der Waals surface area (Å²) in [6.45, 7) is 3.44. The van der Waals surface area contributed by atoms with Crippen molar-refractivity contribution in [2.45, 2.75) is 38.7 Å². The Balaban J connectivity index is 1.82. The van der Waals surface area contributed by atoms with Gasteiger partial charge in [0.25, 0.3) is 5.91 Å². The first-order valence-electron chi connectivity index (χ1n) is 6.93. The summed E-state index contributed by atoms with van der Waals surface area (Å²) in [5.41, 5.74) is 7.94. The smallest absolute Gasteiger partial charge is 0.253 e. The molecular formula is C15H22N2O2. The third-order valence-corrected chi connectivity index (χ3v) is 3.48. The normalized spacial score (nSPS) is 19.1. The van der Waals surface area contributed by atoms with Gasteiger partial charge < -0.3 is 15.8 Å². The van der Waals surface area contributed by atoms with Crippen LogP contribution in [-0.4, -0.2) is 25.2 Å². The van der Waals surface area contributed by atoms with E-state index in [1.807, 2.05) is 19.1 Å². The van der Waals surface area contributed by atoms with Crippen LogP contribution in [0.5, 0.6) is 0 Å². The van der Waals surface area contributed by atoms with Gasteiger partial charge in [-0.3, -0.25) is 4.79 Å². The Bertz CT molecular complexity index is 440. The number of rotatable bonds is 4. The molecular weight excluding hydrogens is 240 g/mol. The van der Waals surface area contributed by atoms with Gasteiger partial charge in [0.2, 0.25) is 0 Å². The molecule has 2 rings (SSSR count). The fraction of sp³-hybridized carbons (Fsp3) is 0.533. The first-order valence-corrected chi connectivity index (χ1v) is 6.93. The van der Waals surface area contributed by atoms with E-state index in [-0.39, 0.29) is 5.91 Å². The molecule has 0 radical (unpaired) electrons. The minimum atomic E-state index is -0.1000. The van der Waals surface area contributed by atoms with E-state index in [0.717, 1.165) is 31.4 Å². The highest BCUT2D eigenvalue weighted by Gasteiger charge is 2.14. The molecule has 0 aliphatic carbocycles. The molecule has 1 saturated heterocycles. The topological polar surface area (TPSA) is 64.4 Å². The van der Waals surface area contributed by atoms with Gasteiger partial charge in [-0.1, -0.05) is 11.6 Å². The minimum Gasteiger partial charge on any atom is -0.398 e. The molecule has 1 fully saturated rings. The molecule has 0 spiro atoms. The maximum atomic E-state index is 12.0. The van der Waals surface area contributed by atoms with Gasteiger partial charge >= 0.3 is 0 Å². The van der Waals surface area contributed by atoms with E-state index in [4.69, 9.17) is 10.5 Å². The van der Waals surface area contributed by atoms with Crippen LogP contribution in [0.3, 0.4) is 0 Å². The summed E-state index contributed by atoms with van der Waals surface area (Å²) in [6, 6.07) is 5.50. The number of aryl methyl sites for hydroxylation is 1. The van der Waals surface area contributed by atoms with E-state index in [1.54, 1.807) is 6.07 Å². The molecule has 1 aromatic rings. The quantitative estimate of drug-likeness (QED) is 0.818. The number of ether oxygens (including phenoxy) is 1. The van der Waals surface area contributed by atoms with Crippen molar-refractivity contribution in [1.82, 2.24) is 5.32 Å². The van der Waals surface area contributed by atoms with Gasteiger partial charge in [0.1, 0.15) is 0 Å². The molecule has 1 unspecified atom stereocenters. The van der Waals surface area contributed by atoms with Crippen molar-refractivity contribution in [1.29, 1.82) is 0 Å². The predicted molar refractivity (Wildman–Crippen MR) is 76.1 cm³/mol. The highest BCUT2D eigenvalue weighted by Crippen LogP contribution is 2.16. The number of amides is 1. The SMILES string of the molecule is Cc1ccc(N)c(C(=O)NCCC2CCCCO2)c1. The number of nitrogen functional groups attached to an aromatic ring is 1. The van der Waals surface area contributed by atoms with Crippen LogP contribution in [-0.2, 0) is 4.74 Å². The average molecular weight is 262 g/mol. The molecule has 1 aromatic carbocycles. The van der Waals surface area contributed by atoms with Crippen molar-refractivity contribution in [3.8, 4) is 0 Å². The zero-order valence-corrected chi connectivity index (χ0v) is 11.4. The van der Waals surface area contributed by atoms with Crippen LogP contribution >= 0.6 is 0 Å². The minimum absolute atomic E-state index is 0.1000. The maximum Gasteiger partial charge on any atom is 0.253 e. The second-order valence-electron chi connectivity index (χ2n) is 5.12. The molecule has 4 heteroatoms. The van der Waals surface area contributed by atoms with E-state index in [0.29, 0.717) is 23.9 Å². The van der Waals surface area contributed by atoms with Crippen molar-refractivity contribution in [2.24, 2.45) is 0 Å². The molecule has 104 valence electrons. The van der Waals surface area contributed by atoms with Crippen molar-refractivity contribution in [2.75, 3.05) is 18.9 Å². The molecule has 1 amide bonds. The lowest BCUT2D eigenvalue weighted by Gasteiger charge is -2.22. The highest BCUT2D eigenvalue weighted by molar-refractivity contribution is 5.99. The summed E-state index contributed by atoms with van der Waals surface area (Å²) >= 11 is 0. The number of carbonyl (C=O) groups excluding carboxylic acids is 1. The molecule has 1 heterocycles. The summed E-state index contributed by atoms with van der Waals surface area (Å²) in [5.74, 6) is -0.1000. The Morgan fingerprint density at radius 2 is 2.32 bits per heavy atom. The van der Waals surface area contributed by atoms with Crippen LogP contribution in [0.1, 0.15) is 41.6 Å².